The zero-order valence-electron chi connectivity index (χ0n) is 12.9. The van der Waals surface area contributed by atoms with Crippen molar-refractivity contribution in [1.82, 2.24) is 0 Å². The standard InChI is InChI=1S/C17H21NO2S/c1-5-13-6-9-15(10-7-13)21-16-11-8-14(20-16)12-18(19)17(2,3)4/h6-12H,5H2,1-4H3. The van der Waals surface area contributed by atoms with Crippen LogP contribution < -0.4 is 0 Å². The lowest BCUT2D eigenvalue weighted by molar-refractivity contribution is -0.530. The molecule has 0 aliphatic heterocycles. The normalized spacial score (nSPS) is 12.7. The molecule has 0 aliphatic rings. The molecule has 2 aromatic rings. The smallest absolute Gasteiger partial charge is 0.218 e. The Labute approximate surface area is 130 Å². The van der Waals surface area contributed by atoms with Gasteiger partial charge in [-0.3, -0.25) is 0 Å². The third-order valence-corrected chi connectivity index (χ3v) is 3.99. The topological polar surface area (TPSA) is 39.2 Å². The number of hydrogen-bond acceptors (Lipinski definition) is 3. The second kappa shape index (κ2) is 6.39. The van der Waals surface area contributed by atoms with Gasteiger partial charge < -0.3 is 9.62 Å². The summed E-state index contributed by atoms with van der Waals surface area (Å²) in [7, 11) is 0. The Bertz CT molecular complexity index is 621. The van der Waals surface area contributed by atoms with Crippen molar-refractivity contribution in [3.05, 3.63) is 52.9 Å². The Morgan fingerprint density at radius 1 is 1.14 bits per heavy atom. The van der Waals surface area contributed by atoms with Gasteiger partial charge in [-0.2, -0.15) is 0 Å². The third kappa shape index (κ3) is 4.39. The van der Waals surface area contributed by atoms with Crippen LogP contribution in [-0.2, 0) is 6.42 Å². The lowest BCUT2D eigenvalue weighted by Gasteiger charge is -2.17. The summed E-state index contributed by atoms with van der Waals surface area (Å²) in [5, 5.41) is 12.7. The lowest BCUT2D eigenvalue weighted by Crippen LogP contribution is -2.29. The molecule has 0 radical (unpaired) electrons. The highest BCUT2D eigenvalue weighted by Crippen LogP contribution is 2.29. The summed E-state index contributed by atoms with van der Waals surface area (Å²) in [6.45, 7) is 7.74. The van der Waals surface area contributed by atoms with Crippen LogP contribution in [0.25, 0.3) is 0 Å². The molecule has 1 aromatic heterocycles. The van der Waals surface area contributed by atoms with E-state index < -0.39 is 5.54 Å². The van der Waals surface area contributed by atoms with E-state index in [4.69, 9.17) is 4.42 Å². The number of aryl methyl sites for hydroxylation is 1. The van der Waals surface area contributed by atoms with E-state index in [1.165, 1.54) is 11.8 Å². The van der Waals surface area contributed by atoms with Gasteiger partial charge in [0.15, 0.2) is 16.4 Å². The molecule has 1 aromatic carbocycles. The Morgan fingerprint density at radius 3 is 2.38 bits per heavy atom. The summed E-state index contributed by atoms with van der Waals surface area (Å²) in [6.07, 6.45) is 2.53. The summed E-state index contributed by atoms with van der Waals surface area (Å²) in [5.74, 6) is 0.576. The fourth-order valence-electron chi connectivity index (χ4n) is 1.68. The molecule has 21 heavy (non-hydrogen) atoms. The van der Waals surface area contributed by atoms with Gasteiger partial charge in [-0.15, -0.1) is 0 Å². The van der Waals surface area contributed by atoms with Gasteiger partial charge >= 0.3 is 0 Å². The SMILES string of the molecule is CCc1ccc(Sc2ccc(C=[N+]([O-])C(C)(C)C)o2)cc1. The van der Waals surface area contributed by atoms with E-state index in [9.17, 15) is 5.21 Å². The average molecular weight is 303 g/mol. The fraction of sp³-hybridized carbons (Fsp3) is 0.353. The number of nitrogens with zero attached hydrogens (tertiary/aromatic N) is 1. The van der Waals surface area contributed by atoms with E-state index in [0.29, 0.717) is 5.76 Å². The van der Waals surface area contributed by atoms with Gasteiger partial charge in [0.2, 0.25) is 6.21 Å². The van der Waals surface area contributed by atoms with Crippen molar-refractivity contribution in [2.75, 3.05) is 0 Å². The van der Waals surface area contributed by atoms with Crippen molar-refractivity contribution < 1.29 is 9.16 Å². The van der Waals surface area contributed by atoms with E-state index in [-0.39, 0.29) is 0 Å². The van der Waals surface area contributed by atoms with Crippen LogP contribution in [0.3, 0.4) is 0 Å². The summed E-state index contributed by atoms with van der Waals surface area (Å²) >= 11 is 1.55. The van der Waals surface area contributed by atoms with Crippen LogP contribution in [0.1, 0.15) is 39.0 Å². The van der Waals surface area contributed by atoms with Crippen molar-refractivity contribution in [2.24, 2.45) is 0 Å². The predicted molar refractivity (Wildman–Crippen MR) is 87.2 cm³/mol. The zero-order valence-corrected chi connectivity index (χ0v) is 13.7. The molecule has 0 aliphatic carbocycles. The Balaban J connectivity index is 2.09. The minimum atomic E-state index is -0.462. The average Bonchev–Trinajstić information content (AvgIpc) is 2.86. The Morgan fingerprint density at radius 2 is 1.81 bits per heavy atom. The minimum Gasteiger partial charge on any atom is -0.623 e. The summed E-state index contributed by atoms with van der Waals surface area (Å²) in [6, 6.07) is 12.1. The number of hydroxylamine groups is 1. The Kier molecular flexibility index (Phi) is 4.78. The van der Waals surface area contributed by atoms with Gasteiger partial charge in [0.25, 0.3) is 0 Å². The molecule has 2 rings (SSSR count). The number of hydrogen-bond donors (Lipinski definition) is 0. The molecule has 0 saturated carbocycles. The first-order valence-electron chi connectivity index (χ1n) is 7.06. The minimum absolute atomic E-state index is 0.462. The van der Waals surface area contributed by atoms with Crippen LogP contribution in [0.15, 0.2) is 50.8 Å². The van der Waals surface area contributed by atoms with Crippen LogP contribution in [0.5, 0.6) is 0 Å². The largest absolute Gasteiger partial charge is 0.623 e. The van der Waals surface area contributed by atoms with Gasteiger partial charge in [-0.25, -0.2) is 4.74 Å². The highest BCUT2D eigenvalue weighted by Gasteiger charge is 2.18. The van der Waals surface area contributed by atoms with Crippen LogP contribution >= 0.6 is 11.8 Å². The summed E-state index contributed by atoms with van der Waals surface area (Å²) in [4.78, 5) is 1.13. The van der Waals surface area contributed by atoms with Gasteiger partial charge in [0.1, 0.15) is 0 Å². The molecular formula is C17H21NO2S. The van der Waals surface area contributed by atoms with Gasteiger partial charge in [0.05, 0.1) is 0 Å². The molecule has 0 bridgehead atoms. The maximum Gasteiger partial charge on any atom is 0.218 e. The Hall–Kier alpha value is -1.68. The molecule has 0 spiro atoms. The predicted octanol–water partition coefficient (Wildman–Crippen LogP) is 4.72. The van der Waals surface area contributed by atoms with Crippen LogP contribution in [0.2, 0.25) is 0 Å². The fourth-order valence-corrected chi connectivity index (χ4v) is 2.46. The molecule has 0 atom stereocenters. The van der Waals surface area contributed by atoms with E-state index in [1.807, 2.05) is 32.9 Å². The van der Waals surface area contributed by atoms with Crippen LogP contribution in [-0.4, -0.2) is 16.5 Å². The summed E-state index contributed by atoms with van der Waals surface area (Å²) < 4.78 is 6.59. The number of furan rings is 1. The molecule has 0 saturated heterocycles. The molecule has 0 unspecified atom stereocenters. The number of benzene rings is 1. The molecule has 4 heteroatoms. The third-order valence-electron chi connectivity index (χ3n) is 3.06. The molecular weight excluding hydrogens is 282 g/mol. The number of rotatable bonds is 4. The van der Waals surface area contributed by atoms with Crippen molar-refractivity contribution in [1.29, 1.82) is 0 Å². The van der Waals surface area contributed by atoms with Crippen molar-refractivity contribution in [3.63, 3.8) is 0 Å². The van der Waals surface area contributed by atoms with Crippen molar-refractivity contribution >= 4 is 18.0 Å². The monoisotopic (exact) mass is 303 g/mol. The van der Waals surface area contributed by atoms with Crippen LogP contribution in [0, 0.1) is 5.21 Å². The quantitative estimate of drug-likeness (QED) is 0.355. The van der Waals surface area contributed by atoms with Crippen molar-refractivity contribution in [3.8, 4) is 0 Å². The highest BCUT2D eigenvalue weighted by molar-refractivity contribution is 7.99. The first-order valence-corrected chi connectivity index (χ1v) is 7.88. The maximum atomic E-state index is 11.9. The van der Waals surface area contributed by atoms with E-state index in [0.717, 1.165) is 21.1 Å². The molecule has 0 amide bonds. The molecule has 3 nitrogen and oxygen atoms in total. The van der Waals surface area contributed by atoms with Gasteiger partial charge in [0, 0.05) is 25.7 Å². The van der Waals surface area contributed by atoms with Crippen LogP contribution in [0.4, 0.5) is 0 Å². The van der Waals surface area contributed by atoms with E-state index in [2.05, 4.69) is 31.2 Å². The highest BCUT2D eigenvalue weighted by atomic mass is 32.2. The molecule has 0 N–H and O–H groups in total. The first kappa shape index (κ1) is 15.7. The van der Waals surface area contributed by atoms with Gasteiger partial charge in [-0.05, 0) is 36.2 Å². The molecule has 0 fully saturated rings. The first-order chi connectivity index (χ1) is 9.88. The van der Waals surface area contributed by atoms with E-state index in [1.54, 1.807) is 11.8 Å². The second-order valence-corrected chi connectivity index (χ2v) is 6.96. The van der Waals surface area contributed by atoms with E-state index >= 15 is 0 Å². The zero-order chi connectivity index (χ0) is 15.5. The van der Waals surface area contributed by atoms with Crippen molar-refractivity contribution in [2.45, 2.75) is 49.6 Å². The maximum absolute atomic E-state index is 11.9. The summed E-state index contributed by atoms with van der Waals surface area (Å²) in [5.41, 5.74) is 0.857. The molecule has 1 heterocycles. The lowest BCUT2D eigenvalue weighted by atomic mass is 10.1. The van der Waals surface area contributed by atoms with Gasteiger partial charge in [-0.1, -0.05) is 30.8 Å². The second-order valence-electron chi connectivity index (χ2n) is 5.88. The molecule has 112 valence electrons.